The van der Waals surface area contributed by atoms with Gasteiger partial charge in [0.25, 0.3) is 0 Å². The molecule has 0 aromatic carbocycles. The SMILES string of the molecule is CCCCCCCCC(C)(O)CNC(C)(C)C. The van der Waals surface area contributed by atoms with E-state index in [1.54, 1.807) is 0 Å². The van der Waals surface area contributed by atoms with Crippen LogP contribution in [0.3, 0.4) is 0 Å². The summed E-state index contributed by atoms with van der Waals surface area (Å²) in [4.78, 5) is 0. The first-order valence-corrected chi connectivity index (χ1v) is 7.24. The van der Waals surface area contributed by atoms with E-state index in [0.717, 1.165) is 12.8 Å². The van der Waals surface area contributed by atoms with Gasteiger partial charge >= 0.3 is 0 Å². The molecule has 2 nitrogen and oxygen atoms in total. The maximum Gasteiger partial charge on any atom is 0.0743 e. The van der Waals surface area contributed by atoms with Crippen LogP contribution in [0.2, 0.25) is 0 Å². The Morgan fingerprint density at radius 2 is 1.41 bits per heavy atom. The van der Waals surface area contributed by atoms with E-state index in [-0.39, 0.29) is 5.54 Å². The van der Waals surface area contributed by atoms with Crippen LogP contribution < -0.4 is 5.32 Å². The summed E-state index contributed by atoms with van der Waals surface area (Å²) >= 11 is 0. The maximum atomic E-state index is 10.2. The fraction of sp³-hybridized carbons (Fsp3) is 1.00. The molecule has 0 amide bonds. The summed E-state index contributed by atoms with van der Waals surface area (Å²) in [6.45, 7) is 11.3. The Labute approximate surface area is 108 Å². The average Bonchev–Trinajstić information content (AvgIpc) is 2.20. The van der Waals surface area contributed by atoms with E-state index in [2.05, 4.69) is 33.0 Å². The molecule has 0 aromatic rings. The van der Waals surface area contributed by atoms with Gasteiger partial charge < -0.3 is 10.4 Å². The van der Waals surface area contributed by atoms with Crippen LogP contribution in [0.5, 0.6) is 0 Å². The third-order valence-corrected chi connectivity index (χ3v) is 3.07. The van der Waals surface area contributed by atoms with Crippen LogP contribution in [0.4, 0.5) is 0 Å². The average molecular weight is 243 g/mol. The summed E-state index contributed by atoms with van der Waals surface area (Å²) in [6, 6.07) is 0. The lowest BCUT2D eigenvalue weighted by Crippen LogP contribution is -2.46. The molecule has 0 aliphatic rings. The maximum absolute atomic E-state index is 10.2. The molecule has 0 aromatic heterocycles. The fourth-order valence-electron chi connectivity index (χ4n) is 1.83. The zero-order chi connectivity index (χ0) is 13.4. The number of unbranched alkanes of at least 4 members (excludes halogenated alkanes) is 5. The van der Waals surface area contributed by atoms with Crippen molar-refractivity contribution >= 4 is 0 Å². The minimum atomic E-state index is -0.558. The van der Waals surface area contributed by atoms with Crippen molar-refractivity contribution < 1.29 is 5.11 Å². The van der Waals surface area contributed by atoms with Gasteiger partial charge in [0.15, 0.2) is 0 Å². The van der Waals surface area contributed by atoms with Gasteiger partial charge in [-0.2, -0.15) is 0 Å². The lowest BCUT2D eigenvalue weighted by Gasteiger charge is -2.29. The normalized spacial score (nSPS) is 15.9. The summed E-state index contributed by atoms with van der Waals surface area (Å²) in [5, 5.41) is 13.6. The second kappa shape index (κ2) is 8.10. The molecule has 0 saturated carbocycles. The molecule has 2 N–H and O–H groups in total. The highest BCUT2D eigenvalue weighted by Crippen LogP contribution is 2.16. The Hall–Kier alpha value is -0.0800. The van der Waals surface area contributed by atoms with E-state index in [4.69, 9.17) is 0 Å². The van der Waals surface area contributed by atoms with Gasteiger partial charge in [-0.3, -0.25) is 0 Å². The first-order chi connectivity index (χ1) is 7.77. The molecule has 1 atom stereocenters. The van der Waals surface area contributed by atoms with E-state index < -0.39 is 5.60 Å². The van der Waals surface area contributed by atoms with Crippen molar-refractivity contribution in [1.29, 1.82) is 0 Å². The highest BCUT2D eigenvalue weighted by atomic mass is 16.3. The molecule has 0 rings (SSSR count). The first kappa shape index (κ1) is 16.9. The molecule has 1 unspecified atom stereocenters. The molecule has 0 fully saturated rings. The standard InChI is InChI=1S/C15H33NO/c1-6-7-8-9-10-11-12-15(5,17)13-16-14(2,3)4/h16-17H,6-13H2,1-5H3. The Balaban J connectivity index is 3.57. The van der Waals surface area contributed by atoms with Gasteiger partial charge in [-0.15, -0.1) is 0 Å². The molecule has 0 heterocycles. The molecule has 104 valence electrons. The van der Waals surface area contributed by atoms with E-state index >= 15 is 0 Å². The summed E-state index contributed by atoms with van der Waals surface area (Å²) in [5.74, 6) is 0. The Morgan fingerprint density at radius 3 is 1.94 bits per heavy atom. The highest BCUT2D eigenvalue weighted by Gasteiger charge is 2.22. The van der Waals surface area contributed by atoms with Crippen LogP contribution in [0.1, 0.15) is 79.6 Å². The first-order valence-electron chi connectivity index (χ1n) is 7.24. The number of rotatable bonds is 9. The van der Waals surface area contributed by atoms with E-state index in [1.165, 1.54) is 32.1 Å². The minimum absolute atomic E-state index is 0.0884. The summed E-state index contributed by atoms with van der Waals surface area (Å²) in [7, 11) is 0. The zero-order valence-corrected chi connectivity index (χ0v) is 12.6. The third-order valence-electron chi connectivity index (χ3n) is 3.07. The summed E-state index contributed by atoms with van der Waals surface area (Å²) < 4.78 is 0. The van der Waals surface area contributed by atoms with Crippen LogP contribution in [-0.4, -0.2) is 22.8 Å². The predicted octanol–water partition coefficient (Wildman–Crippen LogP) is 3.88. The molecule has 0 radical (unpaired) electrons. The predicted molar refractivity (Wildman–Crippen MR) is 76.4 cm³/mol. The number of hydrogen-bond donors (Lipinski definition) is 2. The smallest absolute Gasteiger partial charge is 0.0743 e. The van der Waals surface area contributed by atoms with Crippen molar-refractivity contribution in [3.05, 3.63) is 0 Å². The Morgan fingerprint density at radius 1 is 0.882 bits per heavy atom. The van der Waals surface area contributed by atoms with Gasteiger partial charge in [0.1, 0.15) is 0 Å². The summed E-state index contributed by atoms with van der Waals surface area (Å²) in [6.07, 6.45) is 8.61. The molecule has 0 spiro atoms. The van der Waals surface area contributed by atoms with Crippen LogP contribution in [0.25, 0.3) is 0 Å². The van der Waals surface area contributed by atoms with Crippen molar-refractivity contribution in [1.82, 2.24) is 5.32 Å². The van der Waals surface area contributed by atoms with Gasteiger partial charge in [0.05, 0.1) is 5.60 Å². The van der Waals surface area contributed by atoms with Crippen LogP contribution in [0.15, 0.2) is 0 Å². The minimum Gasteiger partial charge on any atom is -0.389 e. The second-order valence-electron chi connectivity index (χ2n) is 6.62. The monoisotopic (exact) mass is 243 g/mol. The van der Waals surface area contributed by atoms with Crippen LogP contribution >= 0.6 is 0 Å². The van der Waals surface area contributed by atoms with Crippen molar-refractivity contribution in [2.45, 2.75) is 90.7 Å². The van der Waals surface area contributed by atoms with Gasteiger partial charge in [-0.05, 0) is 34.1 Å². The van der Waals surface area contributed by atoms with E-state index in [0.29, 0.717) is 6.54 Å². The van der Waals surface area contributed by atoms with Crippen molar-refractivity contribution in [2.24, 2.45) is 0 Å². The number of β-amino-alcohol motifs (C(OH)–C–C–N with tert-alkyl or cyclic N) is 1. The molecule has 0 aliphatic heterocycles. The molecule has 0 aliphatic carbocycles. The van der Waals surface area contributed by atoms with Crippen molar-refractivity contribution in [3.8, 4) is 0 Å². The van der Waals surface area contributed by atoms with E-state index in [1.807, 2.05) is 6.92 Å². The van der Waals surface area contributed by atoms with Gasteiger partial charge in [0, 0.05) is 12.1 Å². The topological polar surface area (TPSA) is 32.3 Å². The lowest BCUT2D eigenvalue weighted by atomic mass is 9.96. The van der Waals surface area contributed by atoms with Gasteiger partial charge in [-0.1, -0.05) is 45.4 Å². The van der Waals surface area contributed by atoms with E-state index in [9.17, 15) is 5.11 Å². The van der Waals surface area contributed by atoms with Gasteiger partial charge in [-0.25, -0.2) is 0 Å². The molecule has 0 saturated heterocycles. The second-order valence-corrected chi connectivity index (χ2v) is 6.62. The fourth-order valence-corrected chi connectivity index (χ4v) is 1.83. The summed E-state index contributed by atoms with van der Waals surface area (Å²) in [5.41, 5.74) is -0.469. The Kier molecular flexibility index (Phi) is 8.06. The molecular formula is C15H33NO. The van der Waals surface area contributed by atoms with Crippen molar-refractivity contribution in [3.63, 3.8) is 0 Å². The van der Waals surface area contributed by atoms with Gasteiger partial charge in [0.2, 0.25) is 0 Å². The third kappa shape index (κ3) is 12.2. The largest absolute Gasteiger partial charge is 0.389 e. The number of aliphatic hydroxyl groups is 1. The van der Waals surface area contributed by atoms with Crippen LogP contribution in [0, 0.1) is 0 Å². The number of nitrogens with one attached hydrogen (secondary N) is 1. The molecule has 0 bridgehead atoms. The van der Waals surface area contributed by atoms with Crippen LogP contribution in [-0.2, 0) is 0 Å². The Bertz CT molecular complexity index is 182. The molecule has 2 heteroatoms. The lowest BCUT2D eigenvalue weighted by molar-refractivity contribution is 0.0419. The molecular weight excluding hydrogens is 210 g/mol. The zero-order valence-electron chi connectivity index (χ0n) is 12.6. The quantitative estimate of drug-likeness (QED) is 0.602. The number of hydrogen-bond acceptors (Lipinski definition) is 2. The van der Waals surface area contributed by atoms with Crippen molar-refractivity contribution in [2.75, 3.05) is 6.54 Å². The highest BCUT2D eigenvalue weighted by molar-refractivity contribution is 4.80. The molecule has 17 heavy (non-hydrogen) atoms.